The molecule has 0 bridgehead atoms. The zero-order chi connectivity index (χ0) is 18.2. The van der Waals surface area contributed by atoms with Gasteiger partial charge in [0.2, 0.25) is 0 Å². The summed E-state index contributed by atoms with van der Waals surface area (Å²) in [4.78, 5) is 11.9. The third-order valence-electron chi connectivity index (χ3n) is 3.22. The second-order valence-corrected chi connectivity index (χ2v) is 6.64. The molecule has 0 aromatic heterocycles. The summed E-state index contributed by atoms with van der Waals surface area (Å²) in [6, 6.07) is 12.3. The van der Waals surface area contributed by atoms with Gasteiger partial charge in [0.25, 0.3) is 5.91 Å². The van der Waals surface area contributed by atoms with Crippen LogP contribution in [0, 0.1) is 0 Å². The molecule has 2 rings (SSSR count). The van der Waals surface area contributed by atoms with Gasteiger partial charge in [0, 0.05) is 4.47 Å². The second-order valence-electron chi connectivity index (χ2n) is 5.32. The third kappa shape index (κ3) is 6.48. The van der Waals surface area contributed by atoms with Gasteiger partial charge in [0.15, 0.2) is 6.61 Å². The van der Waals surface area contributed by atoms with Crippen LogP contribution in [0.4, 0.5) is 0 Å². The quantitative estimate of drug-likeness (QED) is 0.688. The number of ether oxygens (including phenoxy) is 3. The van der Waals surface area contributed by atoms with Gasteiger partial charge in [-0.25, -0.2) is 0 Å². The third-order valence-corrected chi connectivity index (χ3v) is 4.01. The smallest absolute Gasteiger partial charge is 0.258 e. The molecule has 0 heterocycles. The average Bonchev–Trinajstić information content (AvgIpc) is 2.59. The first-order chi connectivity index (χ1) is 12.0. The van der Waals surface area contributed by atoms with Crippen molar-refractivity contribution in [2.24, 2.45) is 0 Å². The molecule has 0 spiro atoms. The molecule has 1 N–H and O–H groups in total. The fraction of sp³-hybridized carbons (Fsp3) is 0.278. The van der Waals surface area contributed by atoms with E-state index in [1.165, 1.54) is 0 Å². The minimum atomic E-state index is -0.246. The van der Waals surface area contributed by atoms with Gasteiger partial charge in [0.1, 0.15) is 23.9 Å². The Bertz CT molecular complexity index is 709. The van der Waals surface area contributed by atoms with Crippen molar-refractivity contribution in [3.63, 3.8) is 0 Å². The molecule has 134 valence electrons. The van der Waals surface area contributed by atoms with E-state index in [-0.39, 0.29) is 18.6 Å². The van der Waals surface area contributed by atoms with Crippen molar-refractivity contribution < 1.29 is 19.0 Å². The van der Waals surface area contributed by atoms with Gasteiger partial charge in [-0.05, 0) is 49.4 Å². The van der Waals surface area contributed by atoms with Crippen LogP contribution < -0.4 is 19.5 Å². The second kappa shape index (κ2) is 9.53. The fourth-order valence-corrected chi connectivity index (χ4v) is 2.71. The van der Waals surface area contributed by atoms with Crippen LogP contribution in [0.25, 0.3) is 0 Å². The molecule has 0 saturated heterocycles. The predicted octanol–water partition coefficient (Wildman–Crippen LogP) is 4.07. The maximum absolute atomic E-state index is 11.9. The molecule has 25 heavy (non-hydrogen) atoms. The highest BCUT2D eigenvalue weighted by molar-refractivity contribution is 9.10. The highest BCUT2D eigenvalue weighted by Gasteiger charge is 2.10. The largest absolute Gasteiger partial charge is 0.497 e. The summed E-state index contributed by atoms with van der Waals surface area (Å²) in [5.74, 6) is 1.68. The number of methoxy groups -OCH3 is 1. The van der Waals surface area contributed by atoms with Gasteiger partial charge >= 0.3 is 0 Å². The molecule has 0 fully saturated rings. The molecular formula is C18H19BrClNO4. The lowest BCUT2D eigenvalue weighted by Crippen LogP contribution is -2.39. The van der Waals surface area contributed by atoms with Crippen LogP contribution in [0.1, 0.15) is 6.92 Å². The van der Waals surface area contributed by atoms with Gasteiger partial charge in [0.05, 0.1) is 18.2 Å². The molecule has 2 aromatic carbocycles. The minimum Gasteiger partial charge on any atom is -0.497 e. The van der Waals surface area contributed by atoms with Crippen molar-refractivity contribution >= 4 is 33.4 Å². The van der Waals surface area contributed by atoms with Crippen LogP contribution in [-0.4, -0.2) is 32.3 Å². The lowest BCUT2D eigenvalue weighted by Gasteiger charge is -2.16. The number of nitrogens with one attached hydrogen (secondary N) is 1. The Morgan fingerprint density at radius 1 is 1.16 bits per heavy atom. The van der Waals surface area contributed by atoms with Crippen molar-refractivity contribution in [1.82, 2.24) is 5.32 Å². The number of benzene rings is 2. The maximum atomic E-state index is 11.9. The number of rotatable bonds is 8. The number of halogens is 2. The van der Waals surface area contributed by atoms with Gasteiger partial charge in [-0.15, -0.1) is 0 Å². The summed E-state index contributed by atoms with van der Waals surface area (Å²) >= 11 is 9.36. The first-order valence-corrected chi connectivity index (χ1v) is 8.79. The molecule has 2 aromatic rings. The van der Waals surface area contributed by atoms with E-state index in [0.29, 0.717) is 23.1 Å². The number of amides is 1. The summed E-state index contributed by atoms with van der Waals surface area (Å²) < 4.78 is 17.0. The summed E-state index contributed by atoms with van der Waals surface area (Å²) in [6.45, 7) is 2.08. The van der Waals surface area contributed by atoms with Crippen LogP contribution in [0.15, 0.2) is 46.9 Å². The summed E-state index contributed by atoms with van der Waals surface area (Å²) in [7, 11) is 1.61. The maximum Gasteiger partial charge on any atom is 0.258 e. The standard InChI is InChI=1S/C18H19BrClNO4/c1-12(10-24-15-6-4-14(23-2)5-7-15)21-18(22)11-25-17-8-3-13(19)9-16(17)20/h3-9,12H,10-11H2,1-2H3,(H,21,22). The SMILES string of the molecule is COc1ccc(OCC(C)NC(=O)COc2ccc(Br)cc2Cl)cc1. The van der Waals surface area contributed by atoms with Crippen LogP contribution in [0.2, 0.25) is 5.02 Å². The van der Waals surface area contributed by atoms with Crippen LogP contribution in [0.5, 0.6) is 17.2 Å². The molecule has 0 saturated carbocycles. The molecule has 1 unspecified atom stereocenters. The predicted molar refractivity (Wildman–Crippen MR) is 101 cm³/mol. The Labute approximate surface area is 160 Å². The minimum absolute atomic E-state index is 0.117. The molecule has 7 heteroatoms. The molecule has 0 aliphatic rings. The Morgan fingerprint density at radius 2 is 1.84 bits per heavy atom. The Kier molecular flexibility index (Phi) is 7.40. The van der Waals surface area contributed by atoms with E-state index in [4.69, 9.17) is 25.8 Å². The normalized spacial score (nSPS) is 11.5. The van der Waals surface area contributed by atoms with Gasteiger partial charge in [-0.1, -0.05) is 27.5 Å². The molecule has 0 aliphatic heterocycles. The van der Waals surface area contributed by atoms with Gasteiger partial charge in [-0.2, -0.15) is 0 Å². The van der Waals surface area contributed by atoms with Crippen molar-refractivity contribution in [3.05, 3.63) is 52.0 Å². The molecule has 5 nitrogen and oxygen atoms in total. The number of hydrogen-bond donors (Lipinski definition) is 1. The average molecular weight is 429 g/mol. The summed E-state index contributed by atoms with van der Waals surface area (Å²) in [6.07, 6.45) is 0. The molecule has 1 atom stereocenters. The van der Waals surface area contributed by atoms with Gasteiger partial charge in [-0.3, -0.25) is 4.79 Å². The first-order valence-electron chi connectivity index (χ1n) is 7.62. The van der Waals surface area contributed by atoms with Crippen molar-refractivity contribution in [3.8, 4) is 17.2 Å². The molecule has 0 radical (unpaired) electrons. The van der Waals surface area contributed by atoms with E-state index in [1.54, 1.807) is 25.3 Å². The Morgan fingerprint density at radius 3 is 2.48 bits per heavy atom. The topological polar surface area (TPSA) is 56.8 Å². The first kappa shape index (κ1) is 19.4. The number of carbonyl (C=O) groups is 1. The number of carbonyl (C=O) groups excluding carboxylic acids is 1. The van der Waals surface area contributed by atoms with Crippen molar-refractivity contribution in [2.45, 2.75) is 13.0 Å². The van der Waals surface area contributed by atoms with Crippen LogP contribution in [0.3, 0.4) is 0 Å². The zero-order valence-electron chi connectivity index (χ0n) is 13.9. The molecular weight excluding hydrogens is 410 g/mol. The van der Waals surface area contributed by atoms with Gasteiger partial charge < -0.3 is 19.5 Å². The lowest BCUT2D eigenvalue weighted by atomic mass is 10.3. The van der Waals surface area contributed by atoms with Crippen molar-refractivity contribution in [2.75, 3.05) is 20.3 Å². The molecule has 1 amide bonds. The van der Waals surface area contributed by atoms with Crippen molar-refractivity contribution in [1.29, 1.82) is 0 Å². The van der Waals surface area contributed by atoms with Crippen LogP contribution in [-0.2, 0) is 4.79 Å². The summed E-state index contributed by atoms with van der Waals surface area (Å²) in [5, 5.41) is 3.25. The van der Waals surface area contributed by atoms with E-state index in [2.05, 4.69) is 21.2 Å². The van der Waals surface area contributed by atoms with E-state index in [9.17, 15) is 4.79 Å². The Hall–Kier alpha value is -1.92. The lowest BCUT2D eigenvalue weighted by molar-refractivity contribution is -0.123. The highest BCUT2D eigenvalue weighted by Crippen LogP contribution is 2.27. The van der Waals surface area contributed by atoms with E-state index >= 15 is 0 Å². The summed E-state index contributed by atoms with van der Waals surface area (Å²) in [5.41, 5.74) is 0. The van der Waals surface area contributed by atoms with E-state index in [0.717, 1.165) is 10.2 Å². The monoisotopic (exact) mass is 427 g/mol. The van der Waals surface area contributed by atoms with Crippen LogP contribution >= 0.6 is 27.5 Å². The fourth-order valence-electron chi connectivity index (χ4n) is 1.99. The Balaban J connectivity index is 1.73. The van der Waals surface area contributed by atoms with E-state index in [1.807, 2.05) is 31.2 Å². The zero-order valence-corrected chi connectivity index (χ0v) is 16.3. The molecule has 0 aliphatic carbocycles. The van der Waals surface area contributed by atoms with E-state index < -0.39 is 0 Å². The number of hydrogen-bond acceptors (Lipinski definition) is 4. The highest BCUT2D eigenvalue weighted by atomic mass is 79.9.